The van der Waals surface area contributed by atoms with Crippen LogP contribution in [0.3, 0.4) is 0 Å². The van der Waals surface area contributed by atoms with Crippen LogP contribution in [0.2, 0.25) is 0 Å². The lowest BCUT2D eigenvalue weighted by atomic mass is 10.0. The molecule has 0 aliphatic heterocycles. The van der Waals surface area contributed by atoms with Gasteiger partial charge in [-0.25, -0.2) is 4.98 Å². The Kier molecular flexibility index (Phi) is 4.47. The third-order valence-electron chi connectivity index (χ3n) is 3.46. The van der Waals surface area contributed by atoms with E-state index in [4.69, 9.17) is 9.78 Å². The summed E-state index contributed by atoms with van der Waals surface area (Å²) in [4.78, 5) is 12.8. The molecule has 0 bridgehead atoms. The smallest absolute Gasteiger partial charge is 0.249 e. The van der Waals surface area contributed by atoms with Crippen LogP contribution in [-0.2, 0) is 0 Å². The Morgan fingerprint density at radius 3 is 2.75 bits per heavy atom. The van der Waals surface area contributed by atoms with Crippen molar-refractivity contribution < 1.29 is 4.52 Å². The second kappa shape index (κ2) is 6.87. The van der Waals surface area contributed by atoms with Crippen LogP contribution in [0.15, 0.2) is 47.2 Å². The van der Waals surface area contributed by atoms with Gasteiger partial charge in [-0.1, -0.05) is 25.1 Å². The molecule has 7 heteroatoms. The van der Waals surface area contributed by atoms with E-state index in [0.717, 1.165) is 5.56 Å². The summed E-state index contributed by atoms with van der Waals surface area (Å²) in [5.41, 5.74) is 1.14. The first kappa shape index (κ1) is 15.6. The van der Waals surface area contributed by atoms with E-state index in [0.29, 0.717) is 23.2 Å². The lowest BCUT2D eigenvalue weighted by Crippen LogP contribution is -2.18. The quantitative estimate of drug-likeness (QED) is 0.770. The molecule has 0 aromatic carbocycles. The molecule has 3 heterocycles. The molecular formula is C17H16N6O. The SMILES string of the molecule is CC(C)C(Nc1cccc(C#N)n1)c1nc(-c2cccnc2)no1. The highest BCUT2D eigenvalue weighted by Crippen LogP contribution is 2.26. The molecule has 0 spiro atoms. The van der Waals surface area contributed by atoms with Gasteiger partial charge in [0.15, 0.2) is 0 Å². The van der Waals surface area contributed by atoms with E-state index in [1.165, 1.54) is 0 Å². The second-order valence-electron chi connectivity index (χ2n) is 5.58. The third kappa shape index (κ3) is 3.38. The average molecular weight is 320 g/mol. The Morgan fingerprint density at radius 2 is 2.04 bits per heavy atom. The van der Waals surface area contributed by atoms with E-state index >= 15 is 0 Å². The number of aromatic nitrogens is 4. The van der Waals surface area contributed by atoms with Crippen molar-refractivity contribution >= 4 is 5.82 Å². The standard InChI is InChI=1S/C17H16N6O/c1-11(2)15(21-14-7-3-6-13(9-18)20-14)17-22-16(23-24-17)12-5-4-8-19-10-12/h3-8,10-11,15H,1-2H3,(H,20,21). The first-order valence-corrected chi connectivity index (χ1v) is 7.55. The summed E-state index contributed by atoms with van der Waals surface area (Å²) in [5.74, 6) is 1.73. The van der Waals surface area contributed by atoms with Crippen molar-refractivity contribution in [2.24, 2.45) is 5.92 Å². The number of hydrogen-bond acceptors (Lipinski definition) is 7. The lowest BCUT2D eigenvalue weighted by Gasteiger charge is -2.19. The van der Waals surface area contributed by atoms with Gasteiger partial charge in [0.25, 0.3) is 0 Å². The van der Waals surface area contributed by atoms with Gasteiger partial charge in [-0.3, -0.25) is 4.98 Å². The van der Waals surface area contributed by atoms with Crippen LogP contribution < -0.4 is 5.32 Å². The first-order valence-electron chi connectivity index (χ1n) is 7.55. The van der Waals surface area contributed by atoms with Crippen LogP contribution >= 0.6 is 0 Å². The van der Waals surface area contributed by atoms with Crippen molar-refractivity contribution in [2.75, 3.05) is 5.32 Å². The van der Waals surface area contributed by atoms with Crippen molar-refractivity contribution in [3.63, 3.8) is 0 Å². The predicted octanol–water partition coefficient (Wildman–Crippen LogP) is 3.21. The summed E-state index contributed by atoms with van der Waals surface area (Å²) in [7, 11) is 0. The number of nitrogens with zero attached hydrogens (tertiary/aromatic N) is 5. The lowest BCUT2D eigenvalue weighted by molar-refractivity contribution is 0.335. The third-order valence-corrected chi connectivity index (χ3v) is 3.46. The summed E-state index contributed by atoms with van der Waals surface area (Å²) < 4.78 is 5.43. The Balaban J connectivity index is 1.86. The van der Waals surface area contributed by atoms with Gasteiger partial charge < -0.3 is 9.84 Å². The zero-order valence-corrected chi connectivity index (χ0v) is 13.3. The average Bonchev–Trinajstić information content (AvgIpc) is 3.10. The van der Waals surface area contributed by atoms with Crippen molar-refractivity contribution in [1.29, 1.82) is 5.26 Å². The van der Waals surface area contributed by atoms with E-state index in [1.54, 1.807) is 30.6 Å². The fourth-order valence-electron chi connectivity index (χ4n) is 2.22. The first-order chi connectivity index (χ1) is 11.7. The highest BCUT2D eigenvalue weighted by Gasteiger charge is 2.23. The van der Waals surface area contributed by atoms with E-state index in [9.17, 15) is 0 Å². The molecule has 120 valence electrons. The zero-order chi connectivity index (χ0) is 16.9. The molecule has 1 unspecified atom stereocenters. The molecule has 0 saturated carbocycles. The summed E-state index contributed by atoms with van der Waals surface area (Å²) in [5, 5.41) is 16.3. The maximum absolute atomic E-state index is 8.96. The monoisotopic (exact) mass is 320 g/mol. The van der Waals surface area contributed by atoms with Gasteiger partial charge in [-0.2, -0.15) is 10.2 Å². The Morgan fingerprint density at radius 1 is 1.17 bits per heavy atom. The Labute approximate surface area is 139 Å². The molecule has 0 radical (unpaired) electrons. The largest absolute Gasteiger partial charge is 0.358 e. The number of rotatable bonds is 5. The molecule has 24 heavy (non-hydrogen) atoms. The fourth-order valence-corrected chi connectivity index (χ4v) is 2.22. The van der Waals surface area contributed by atoms with Crippen LogP contribution in [0.4, 0.5) is 5.82 Å². The molecule has 0 aliphatic carbocycles. The minimum Gasteiger partial charge on any atom is -0.358 e. The normalized spacial score (nSPS) is 11.9. The number of nitrogens with one attached hydrogen (secondary N) is 1. The van der Waals surface area contributed by atoms with Gasteiger partial charge in [0, 0.05) is 18.0 Å². The molecule has 3 rings (SSSR count). The number of hydrogen-bond donors (Lipinski definition) is 1. The maximum atomic E-state index is 8.96. The molecule has 0 aliphatic rings. The van der Waals surface area contributed by atoms with Crippen molar-refractivity contribution in [2.45, 2.75) is 19.9 Å². The molecule has 0 saturated heterocycles. The van der Waals surface area contributed by atoms with Crippen LogP contribution in [-0.4, -0.2) is 20.1 Å². The highest BCUT2D eigenvalue weighted by molar-refractivity contribution is 5.52. The Bertz CT molecular complexity index is 853. The van der Waals surface area contributed by atoms with Gasteiger partial charge in [0.2, 0.25) is 11.7 Å². The molecule has 3 aromatic heterocycles. The van der Waals surface area contributed by atoms with Gasteiger partial charge >= 0.3 is 0 Å². The van der Waals surface area contributed by atoms with Crippen LogP contribution in [0.25, 0.3) is 11.4 Å². The molecule has 0 fully saturated rings. The van der Waals surface area contributed by atoms with Crippen molar-refractivity contribution in [3.8, 4) is 17.5 Å². The van der Waals surface area contributed by atoms with Crippen molar-refractivity contribution in [1.82, 2.24) is 20.1 Å². The van der Waals surface area contributed by atoms with Crippen LogP contribution in [0.1, 0.15) is 31.5 Å². The highest BCUT2D eigenvalue weighted by atomic mass is 16.5. The molecule has 3 aromatic rings. The van der Waals surface area contributed by atoms with E-state index in [-0.39, 0.29) is 12.0 Å². The summed E-state index contributed by atoms with van der Waals surface area (Å²) in [6.07, 6.45) is 3.38. The van der Waals surface area contributed by atoms with E-state index in [2.05, 4.69) is 25.4 Å². The summed E-state index contributed by atoms with van der Waals surface area (Å²) in [6.45, 7) is 4.08. The van der Waals surface area contributed by atoms with Gasteiger partial charge in [0.05, 0.1) is 0 Å². The van der Waals surface area contributed by atoms with E-state index in [1.807, 2.05) is 32.0 Å². The molecule has 0 amide bonds. The molecule has 7 nitrogen and oxygen atoms in total. The van der Waals surface area contributed by atoms with Crippen molar-refractivity contribution in [3.05, 3.63) is 54.3 Å². The maximum Gasteiger partial charge on any atom is 0.249 e. The minimum absolute atomic E-state index is 0.180. The minimum atomic E-state index is -0.218. The Hall–Kier alpha value is -3.27. The number of anilines is 1. The zero-order valence-electron chi connectivity index (χ0n) is 13.3. The summed E-state index contributed by atoms with van der Waals surface area (Å²) >= 11 is 0. The molecule has 1 N–H and O–H groups in total. The predicted molar refractivity (Wildman–Crippen MR) is 87.7 cm³/mol. The number of pyridine rings is 2. The topological polar surface area (TPSA) is 101 Å². The molecule has 1 atom stereocenters. The van der Waals surface area contributed by atoms with E-state index < -0.39 is 0 Å². The van der Waals surface area contributed by atoms with Gasteiger partial charge in [-0.05, 0) is 30.2 Å². The molecular weight excluding hydrogens is 304 g/mol. The summed E-state index contributed by atoms with van der Waals surface area (Å²) in [6, 6.07) is 10.7. The fraction of sp³-hybridized carbons (Fsp3) is 0.235. The van der Waals surface area contributed by atoms with Crippen LogP contribution in [0, 0.1) is 17.2 Å². The second-order valence-corrected chi connectivity index (χ2v) is 5.58. The number of nitriles is 1. The van der Waals surface area contributed by atoms with Crippen LogP contribution in [0.5, 0.6) is 0 Å². The van der Waals surface area contributed by atoms with Gasteiger partial charge in [0.1, 0.15) is 23.6 Å². The van der Waals surface area contributed by atoms with Gasteiger partial charge in [-0.15, -0.1) is 0 Å².